The van der Waals surface area contributed by atoms with Gasteiger partial charge in [-0.1, -0.05) is 0 Å². The lowest BCUT2D eigenvalue weighted by molar-refractivity contribution is -0.383. The van der Waals surface area contributed by atoms with E-state index in [1.165, 1.54) is 6.07 Å². The second kappa shape index (κ2) is 4.73. The highest BCUT2D eigenvalue weighted by molar-refractivity contribution is 9.10. The monoisotopic (exact) mass is 313 g/mol. The van der Waals surface area contributed by atoms with Gasteiger partial charge in [-0.3, -0.25) is 15.2 Å². The number of carbonyl (C=O) groups is 1. The van der Waals surface area contributed by atoms with Gasteiger partial charge in [0, 0.05) is 0 Å². The average Bonchev–Trinajstić information content (AvgIpc) is 2.72. The minimum atomic E-state index is -0.690. The van der Waals surface area contributed by atoms with Crippen LogP contribution in [0.4, 0.5) is 5.69 Å². The van der Waals surface area contributed by atoms with E-state index in [0.717, 1.165) is 0 Å². The van der Waals surface area contributed by atoms with Crippen LogP contribution in [-0.4, -0.2) is 27.7 Å². The summed E-state index contributed by atoms with van der Waals surface area (Å²) in [5.74, 6) is -0.690. The van der Waals surface area contributed by atoms with Crippen molar-refractivity contribution in [2.45, 2.75) is 6.92 Å². The first-order valence-corrected chi connectivity index (χ1v) is 5.83. The summed E-state index contributed by atoms with van der Waals surface area (Å²) >= 11 is 3.09. The van der Waals surface area contributed by atoms with Crippen LogP contribution in [0, 0.1) is 10.1 Å². The van der Waals surface area contributed by atoms with Crippen LogP contribution in [0.3, 0.4) is 0 Å². The van der Waals surface area contributed by atoms with Gasteiger partial charge in [0.05, 0.1) is 21.5 Å². The van der Waals surface area contributed by atoms with Gasteiger partial charge in [-0.15, -0.1) is 0 Å². The molecule has 0 bridgehead atoms. The molecule has 0 saturated carbocycles. The Morgan fingerprint density at radius 2 is 2.33 bits per heavy atom. The minimum Gasteiger partial charge on any atom is -0.461 e. The molecule has 18 heavy (non-hydrogen) atoms. The number of H-pyrrole nitrogens is 1. The van der Waals surface area contributed by atoms with Gasteiger partial charge in [0.25, 0.3) is 5.69 Å². The lowest BCUT2D eigenvalue weighted by Crippen LogP contribution is -2.06. The van der Waals surface area contributed by atoms with Crippen molar-refractivity contribution in [1.82, 2.24) is 10.2 Å². The summed E-state index contributed by atoms with van der Waals surface area (Å²) in [6.45, 7) is 1.83. The fourth-order valence-corrected chi connectivity index (χ4v) is 2.07. The number of fused-ring (bicyclic) bond motifs is 1. The van der Waals surface area contributed by atoms with Crippen LogP contribution in [-0.2, 0) is 4.74 Å². The molecule has 8 heteroatoms. The maximum atomic E-state index is 11.7. The molecule has 0 fully saturated rings. The molecule has 0 aliphatic heterocycles. The molecule has 0 aliphatic carbocycles. The van der Waals surface area contributed by atoms with Crippen LogP contribution in [0.2, 0.25) is 0 Å². The maximum Gasteiger partial charge on any atom is 0.359 e. The van der Waals surface area contributed by atoms with Crippen LogP contribution in [0.5, 0.6) is 0 Å². The van der Waals surface area contributed by atoms with E-state index in [1.807, 2.05) is 0 Å². The number of ether oxygens (including phenoxy) is 1. The van der Waals surface area contributed by atoms with Crippen molar-refractivity contribution < 1.29 is 14.5 Å². The topological polar surface area (TPSA) is 98.1 Å². The number of hydrogen-bond acceptors (Lipinski definition) is 5. The van der Waals surface area contributed by atoms with E-state index in [9.17, 15) is 14.9 Å². The molecule has 2 aromatic rings. The molecule has 2 rings (SSSR count). The quantitative estimate of drug-likeness (QED) is 0.533. The summed E-state index contributed by atoms with van der Waals surface area (Å²) in [4.78, 5) is 22.1. The summed E-state index contributed by atoms with van der Waals surface area (Å²) < 4.78 is 5.09. The number of rotatable bonds is 3. The maximum absolute atomic E-state index is 11.7. The van der Waals surface area contributed by atoms with E-state index in [0.29, 0.717) is 5.52 Å². The molecule has 0 atom stereocenters. The van der Waals surface area contributed by atoms with Gasteiger partial charge in [0.15, 0.2) is 5.69 Å². The third-order valence-electron chi connectivity index (χ3n) is 2.31. The Bertz CT molecular complexity index is 637. The molecule has 1 aromatic carbocycles. The standard InChI is InChI=1S/C10H8BrN3O4/c1-2-18-10(15)8-7-6(12-13-8)4-3-5(11)9(7)14(16)17/h3-4H,2H2,1H3,(H,12,13). The number of nitro groups is 1. The minimum absolute atomic E-state index is 0.0835. The van der Waals surface area contributed by atoms with Crippen molar-refractivity contribution in [3.05, 3.63) is 32.4 Å². The van der Waals surface area contributed by atoms with Crippen LogP contribution in [0.1, 0.15) is 17.4 Å². The van der Waals surface area contributed by atoms with Gasteiger partial charge in [0.2, 0.25) is 0 Å². The van der Waals surface area contributed by atoms with Crippen molar-refractivity contribution in [3.8, 4) is 0 Å². The van der Waals surface area contributed by atoms with E-state index >= 15 is 0 Å². The molecule has 0 amide bonds. The van der Waals surface area contributed by atoms with Gasteiger partial charge in [-0.2, -0.15) is 5.10 Å². The predicted molar refractivity (Wildman–Crippen MR) is 66.4 cm³/mol. The summed E-state index contributed by atoms with van der Waals surface area (Å²) in [6, 6.07) is 3.12. The Labute approximate surface area is 109 Å². The van der Waals surface area contributed by atoms with Crippen molar-refractivity contribution in [3.63, 3.8) is 0 Å². The normalized spacial score (nSPS) is 10.6. The van der Waals surface area contributed by atoms with E-state index in [1.54, 1.807) is 13.0 Å². The van der Waals surface area contributed by atoms with E-state index in [2.05, 4.69) is 26.1 Å². The Morgan fingerprint density at radius 3 is 2.94 bits per heavy atom. The Balaban J connectivity index is 2.73. The van der Waals surface area contributed by atoms with Gasteiger partial charge in [-0.25, -0.2) is 4.79 Å². The second-order valence-corrected chi connectivity index (χ2v) is 4.22. The van der Waals surface area contributed by atoms with Crippen LogP contribution >= 0.6 is 15.9 Å². The number of halogens is 1. The number of esters is 1. The Morgan fingerprint density at radius 1 is 1.61 bits per heavy atom. The zero-order valence-electron chi connectivity index (χ0n) is 9.27. The number of nitro benzene ring substituents is 1. The molecule has 0 unspecified atom stereocenters. The van der Waals surface area contributed by atoms with E-state index in [4.69, 9.17) is 4.74 Å². The zero-order valence-corrected chi connectivity index (χ0v) is 10.9. The Hall–Kier alpha value is -1.96. The van der Waals surface area contributed by atoms with E-state index in [-0.39, 0.29) is 27.8 Å². The fraction of sp³-hybridized carbons (Fsp3) is 0.200. The highest BCUT2D eigenvalue weighted by Gasteiger charge is 2.26. The van der Waals surface area contributed by atoms with Gasteiger partial charge < -0.3 is 4.74 Å². The molecule has 7 nitrogen and oxygen atoms in total. The first-order valence-electron chi connectivity index (χ1n) is 5.04. The first kappa shape index (κ1) is 12.5. The van der Waals surface area contributed by atoms with Gasteiger partial charge in [-0.05, 0) is 35.0 Å². The smallest absolute Gasteiger partial charge is 0.359 e. The number of benzene rings is 1. The van der Waals surface area contributed by atoms with Crippen molar-refractivity contribution in [2.24, 2.45) is 0 Å². The summed E-state index contributed by atoms with van der Waals surface area (Å²) in [6.07, 6.45) is 0. The number of hydrogen-bond donors (Lipinski definition) is 1. The first-order chi connectivity index (χ1) is 8.56. The Kier molecular flexibility index (Phi) is 3.28. The molecule has 0 aliphatic rings. The summed E-state index contributed by atoms with van der Waals surface area (Å²) in [5, 5.41) is 17.5. The van der Waals surface area contributed by atoms with Gasteiger partial charge >= 0.3 is 5.97 Å². The highest BCUT2D eigenvalue weighted by Crippen LogP contribution is 2.34. The summed E-state index contributed by atoms with van der Waals surface area (Å²) in [5.41, 5.74) is 0.122. The zero-order chi connectivity index (χ0) is 13.3. The van der Waals surface area contributed by atoms with Crippen molar-refractivity contribution in [2.75, 3.05) is 6.61 Å². The largest absolute Gasteiger partial charge is 0.461 e. The molecule has 0 saturated heterocycles. The molecular weight excluding hydrogens is 306 g/mol. The predicted octanol–water partition coefficient (Wildman–Crippen LogP) is 2.41. The van der Waals surface area contributed by atoms with Crippen molar-refractivity contribution in [1.29, 1.82) is 0 Å². The number of carbonyl (C=O) groups excluding carboxylic acids is 1. The van der Waals surface area contributed by atoms with Crippen molar-refractivity contribution >= 4 is 38.5 Å². The number of aromatic nitrogens is 2. The lowest BCUT2D eigenvalue weighted by Gasteiger charge is -2.00. The van der Waals surface area contributed by atoms with E-state index < -0.39 is 10.9 Å². The number of nitrogens with one attached hydrogen (secondary N) is 1. The second-order valence-electron chi connectivity index (χ2n) is 3.37. The highest BCUT2D eigenvalue weighted by atomic mass is 79.9. The molecule has 0 spiro atoms. The van der Waals surface area contributed by atoms with Crippen LogP contribution in [0.15, 0.2) is 16.6 Å². The molecule has 0 radical (unpaired) electrons. The molecule has 1 heterocycles. The number of nitrogens with zero attached hydrogens (tertiary/aromatic N) is 2. The lowest BCUT2D eigenvalue weighted by atomic mass is 10.1. The third-order valence-corrected chi connectivity index (χ3v) is 2.94. The van der Waals surface area contributed by atoms with Crippen LogP contribution in [0.25, 0.3) is 10.9 Å². The SMILES string of the molecule is CCOC(=O)c1n[nH]c2ccc(Br)c([N+](=O)[O-])c12. The van der Waals surface area contributed by atoms with Gasteiger partial charge in [0.1, 0.15) is 5.39 Å². The average molecular weight is 314 g/mol. The third kappa shape index (κ3) is 1.94. The summed E-state index contributed by atoms with van der Waals surface area (Å²) in [7, 11) is 0. The number of aromatic amines is 1. The fourth-order valence-electron chi connectivity index (χ4n) is 1.60. The van der Waals surface area contributed by atoms with Crippen LogP contribution < -0.4 is 0 Å². The molecule has 1 aromatic heterocycles. The molecule has 1 N–H and O–H groups in total. The molecule has 94 valence electrons. The molecular formula is C10H8BrN3O4.